The molecule has 1 saturated carbocycles. The summed E-state index contributed by atoms with van der Waals surface area (Å²) in [5.41, 5.74) is 4.17. The molecule has 1 heteroatoms. The van der Waals surface area contributed by atoms with E-state index in [1.807, 2.05) is 0 Å². The fraction of sp³-hybridized carbons (Fsp3) is 0.875. The third-order valence-corrected chi connectivity index (χ3v) is 6.01. The van der Waals surface area contributed by atoms with Gasteiger partial charge in [0.15, 0.2) is 0 Å². The second kappa shape index (κ2) is 4.12. The smallest absolute Gasteiger partial charge is 0.00105 e. The van der Waals surface area contributed by atoms with Gasteiger partial charge in [-0.2, -0.15) is 0 Å². The van der Waals surface area contributed by atoms with Gasteiger partial charge < -0.3 is 4.90 Å². The number of nitrogens with zero attached hydrogens (tertiary/aromatic N) is 1. The maximum atomic E-state index is 2.62. The van der Waals surface area contributed by atoms with Crippen LogP contribution in [0, 0.1) is 17.3 Å². The van der Waals surface area contributed by atoms with Gasteiger partial charge in [-0.15, -0.1) is 0 Å². The number of allylic oxidation sites excluding steroid dienone is 2. The van der Waals surface area contributed by atoms with E-state index in [1.54, 1.807) is 11.1 Å². The Morgan fingerprint density at radius 3 is 2.35 bits per heavy atom. The largest absolute Gasteiger partial charge is 0.304 e. The fourth-order valence-electron chi connectivity index (χ4n) is 4.32. The van der Waals surface area contributed by atoms with Crippen molar-refractivity contribution in [3.8, 4) is 0 Å². The van der Waals surface area contributed by atoms with Crippen LogP contribution in [0.4, 0.5) is 0 Å². The zero-order chi connectivity index (χ0) is 12.0. The van der Waals surface area contributed by atoms with E-state index >= 15 is 0 Å². The van der Waals surface area contributed by atoms with Crippen molar-refractivity contribution < 1.29 is 0 Å². The van der Waals surface area contributed by atoms with Gasteiger partial charge in [-0.05, 0) is 82.8 Å². The van der Waals surface area contributed by atoms with Crippen molar-refractivity contribution in [2.45, 2.75) is 52.9 Å². The Hall–Kier alpha value is -0.300. The molecule has 0 N–H and O–H groups in total. The summed E-state index contributed by atoms with van der Waals surface area (Å²) < 4.78 is 0. The second-order valence-corrected chi connectivity index (χ2v) is 6.67. The van der Waals surface area contributed by atoms with Crippen LogP contribution in [-0.2, 0) is 0 Å². The molecule has 1 spiro atoms. The van der Waals surface area contributed by atoms with E-state index in [9.17, 15) is 0 Å². The summed E-state index contributed by atoms with van der Waals surface area (Å²) in [6.07, 6.45) is 7.35. The Morgan fingerprint density at radius 2 is 1.82 bits per heavy atom. The zero-order valence-corrected chi connectivity index (χ0v) is 11.8. The monoisotopic (exact) mass is 233 g/mol. The van der Waals surface area contributed by atoms with Crippen LogP contribution in [-0.4, -0.2) is 24.5 Å². The minimum Gasteiger partial charge on any atom is -0.304 e. The molecule has 0 bridgehead atoms. The molecule has 0 aromatic carbocycles. The van der Waals surface area contributed by atoms with Gasteiger partial charge in [0.1, 0.15) is 0 Å². The van der Waals surface area contributed by atoms with Crippen molar-refractivity contribution in [1.82, 2.24) is 4.90 Å². The van der Waals surface area contributed by atoms with Crippen molar-refractivity contribution in [2.24, 2.45) is 17.3 Å². The van der Waals surface area contributed by atoms with E-state index < -0.39 is 0 Å². The van der Waals surface area contributed by atoms with Crippen LogP contribution in [0.1, 0.15) is 52.9 Å². The van der Waals surface area contributed by atoms with Gasteiger partial charge in [-0.25, -0.2) is 0 Å². The van der Waals surface area contributed by atoms with Crippen LogP contribution in [0.25, 0.3) is 0 Å². The minimum atomic E-state index is 0.614. The SMILES string of the molecule is CCN1CCC2(CC1)CC(C1CC1)C(C)=C2C. The second-order valence-electron chi connectivity index (χ2n) is 6.67. The molecule has 96 valence electrons. The van der Waals surface area contributed by atoms with Crippen molar-refractivity contribution in [3.63, 3.8) is 0 Å². The predicted octanol–water partition coefficient (Wildman–Crippen LogP) is 3.85. The first-order valence-corrected chi connectivity index (χ1v) is 7.56. The van der Waals surface area contributed by atoms with Gasteiger partial charge in [0.25, 0.3) is 0 Å². The molecule has 0 aromatic rings. The summed E-state index contributed by atoms with van der Waals surface area (Å²) in [5, 5.41) is 0. The van der Waals surface area contributed by atoms with Crippen LogP contribution >= 0.6 is 0 Å². The number of rotatable bonds is 2. The van der Waals surface area contributed by atoms with Gasteiger partial charge in [-0.1, -0.05) is 18.1 Å². The standard InChI is InChI=1S/C16H27N/c1-4-17-9-7-16(8-10-17)11-15(14-5-6-14)12(2)13(16)3/h14-15H,4-11H2,1-3H3. The Morgan fingerprint density at radius 1 is 1.18 bits per heavy atom. The van der Waals surface area contributed by atoms with E-state index in [1.165, 1.54) is 51.7 Å². The topological polar surface area (TPSA) is 3.24 Å². The van der Waals surface area contributed by atoms with Gasteiger partial charge in [0.05, 0.1) is 0 Å². The normalized spacial score (nSPS) is 33.7. The predicted molar refractivity (Wildman–Crippen MR) is 73.0 cm³/mol. The van der Waals surface area contributed by atoms with E-state index in [4.69, 9.17) is 0 Å². The van der Waals surface area contributed by atoms with Crippen LogP contribution in [0.2, 0.25) is 0 Å². The molecule has 2 aliphatic carbocycles. The summed E-state index contributed by atoms with van der Waals surface area (Å²) in [6.45, 7) is 11.1. The van der Waals surface area contributed by atoms with E-state index in [0.29, 0.717) is 5.41 Å². The molecule has 1 heterocycles. The molecule has 1 saturated heterocycles. The molecular weight excluding hydrogens is 206 g/mol. The third-order valence-electron chi connectivity index (χ3n) is 6.01. The molecule has 3 aliphatic rings. The summed E-state index contributed by atoms with van der Waals surface area (Å²) >= 11 is 0. The van der Waals surface area contributed by atoms with Crippen molar-refractivity contribution in [3.05, 3.63) is 11.1 Å². The number of hydrogen-bond donors (Lipinski definition) is 0. The molecule has 17 heavy (non-hydrogen) atoms. The summed E-state index contributed by atoms with van der Waals surface area (Å²) in [6, 6.07) is 0. The molecule has 0 amide bonds. The summed E-state index contributed by atoms with van der Waals surface area (Å²) in [4.78, 5) is 2.62. The zero-order valence-electron chi connectivity index (χ0n) is 11.8. The van der Waals surface area contributed by atoms with Gasteiger partial charge in [0, 0.05) is 0 Å². The van der Waals surface area contributed by atoms with E-state index in [2.05, 4.69) is 25.7 Å². The van der Waals surface area contributed by atoms with Gasteiger partial charge in [-0.3, -0.25) is 0 Å². The Balaban J connectivity index is 1.76. The van der Waals surface area contributed by atoms with Crippen molar-refractivity contribution in [2.75, 3.05) is 19.6 Å². The first kappa shape index (κ1) is 11.8. The lowest BCUT2D eigenvalue weighted by molar-refractivity contribution is 0.127. The van der Waals surface area contributed by atoms with Crippen molar-refractivity contribution in [1.29, 1.82) is 0 Å². The summed E-state index contributed by atoms with van der Waals surface area (Å²) in [5.74, 6) is 2.02. The number of likely N-dealkylation sites (tertiary alicyclic amines) is 1. The fourth-order valence-corrected chi connectivity index (χ4v) is 4.32. The van der Waals surface area contributed by atoms with Crippen LogP contribution < -0.4 is 0 Å². The van der Waals surface area contributed by atoms with E-state index in [0.717, 1.165) is 11.8 Å². The first-order chi connectivity index (χ1) is 8.16. The highest BCUT2D eigenvalue weighted by Gasteiger charge is 2.47. The maximum absolute atomic E-state index is 2.62. The molecule has 1 nitrogen and oxygen atoms in total. The van der Waals surface area contributed by atoms with Crippen LogP contribution in [0.3, 0.4) is 0 Å². The number of piperidine rings is 1. The number of hydrogen-bond acceptors (Lipinski definition) is 1. The molecule has 1 atom stereocenters. The van der Waals surface area contributed by atoms with E-state index in [-0.39, 0.29) is 0 Å². The molecule has 3 rings (SSSR count). The van der Waals surface area contributed by atoms with Crippen molar-refractivity contribution >= 4 is 0 Å². The highest BCUT2D eigenvalue weighted by molar-refractivity contribution is 5.30. The third kappa shape index (κ3) is 1.87. The highest BCUT2D eigenvalue weighted by Crippen LogP contribution is 2.57. The quantitative estimate of drug-likeness (QED) is 0.655. The Kier molecular flexibility index (Phi) is 2.85. The summed E-state index contributed by atoms with van der Waals surface area (Å²) in [7, 11) is 0. The lowest BCUT2D eigenvalue weighted by atomic mass is 9.72. The van der Waals surface area contributed by atoms with Crippen LogP contribution in [0.15, 0.2) is 11.1 Å². The lowest BCUT2D eigenvalue weighted by Crippen LogP contribution is -2.39. The van der Waals surface area contributed by atoms with Gasteiger partial charge >= 0.3 is 0 Å². The average Bonchev–Trinajstić information content (AvgIpc) is 3.16. The molecular formula is C16H27N. The molecule has 1 unspecified atom stereocenters. The first-order valence-electron chi connectivity index (χ1n) is 7.56. The minimum absolute atomic E-state index is 0.614. The average molecular weight is 233 g/mol. The lowest BCUT2D eigenvalue weighted by Gasteiger charge is -2.41. The Bertz CT molecular complexity index is 329. The maximum Gasteiger partial charge on any atom is -0.00105 e. The Labute approximate surface area is 106 Å². The van der Waals surface area contributed by atoms with Gasteiger partial charge in [0.2, 0.25) is 0 Å². The van der Waals surface area contributed by atoms with Crippen LogP contribution in [0.5, 0.6) is 0 Å². The molecule has 2 fully saturated rings. The highest BCUT2D eigenvalue weighted by atomic mass is 15.1. The molecule has 1 aliphatic heterocycles. The molecule has 0 radical (unpaired) electrons. The molecule has 0 aromatic heterocycles.